The molecule has 2 aliphatic carbocycles. The first-order valence-corrected chi connectivity index (χ1v) is 21.8. The van der Waals surface area contributed by atoms with Crippen LogP contribution < -0.4 is 18.9 Å². The molecule has 14 heteroatoms. The predicted molar refractivity (Wildman–Crippen MR) is 214 cm³/mol. The van der Waals surface area contributed by atoms with Crippen LogP contribution in [0.4, 0.5) is 0 Å². The molecule has 0 spiro atoms. The molecule has 1 N–H and O–H groups in total. The zero-order valence-electron chi connectivity index (χ0n) is 34.6. The molecule has 2 aliphatic heterocycles. The number of ether oxygens (including phenoxy) is 4. The van der Waals surface area contributed by atoms with E-state index in [1.165, 1.54) is 12.0 Å². The Morgan fingerprint density at radius 3 is 2.46 bits per heavy atom. The van der Waals surface area contributed by atoms with E-state index in [0.717, 1.165) is 11.8 Å². The number of nitrogens with one attached hydrogen (secondary N) is 1. The fourth-order valence-corrected chi connectivity index (χ4v) is 9.89. The summed E-state index contributed by atoms with van der Waals surface area (Å²) in [6.45, 7) is 11.1. The van der Waals surface area contributed by atoms with E-state index < -0.39 is 55.7 Å². The molecule has 0 radical (unpaired) electrons. The number of rotatable bonds is 10. The maximum Gasteiger partial charge on any atom is 0.307 e. The molecule has 4 aliphatic rings. The van der Waals surface area contributed by atoms with Crippen LogP contribution in [0.25, 0.3) is 10.9 Å². The first kappa shape index (κ1) is 42.4. The first-order chi connectivity index (χ1) is 26.8. The molecule has 2 saturated carbocycles. The fourth-order valence-electron chi connectivity index (χ4n) is 8.56. The summed E-state index contributed by atoms with van der Waals surface area (Å²) in [5.74, 6) is -1.80. The van der Waals surface area contributed by atoms with Gasteiger partial charge in [0.2, 0.25) is 21.8 Å². The number of methoxy groups -OCH3 is 2. The molecule has 2 amide bonds. The van der Waals surface area contributed by atoms with Crippen LogP contribution in [0, 0.1) is 29.1 Å². The third-order valence-corrected chi connectivity index (χ3v) is 14.5. The Kier molecular flexibility index (Phi) is 12.1. The highest BCUT2D eigenvalue weighted by Crippen LogP contribution is 2.58. The van der Waals surface area contributed by atoms with Crippen LogP contribution in [0.3, 0.4) is 0 Å². The maximum absolute atomic E-state index is 15.1. The van der Waals surface area contributed by atoms with Crippen molar-refractivity contribution < 1.29 is 46.5 Å². The highest BCUT2D eigenvalue weighted by atomic mass is 32.2. The summed E-state index contributed by atoms with van der Waals surface area (Å²) in [7, 11) is -0.907. The van der Waals surface area contributed by atoms with Crippen LogP contribution >= 0.6 is 0 Å². The third-order valence-electron chi connectivity index (χ3n) is 12.4. The van der Waals surface area contributed by atoms with Crippen LogP contribution in [-0.2, 0) is 33.9 Å². The highest BCUT2D eigenvalue weighted by molar-refractivity contribution is 7.91. The summed E-state index contributed by atoms with van der Waals surface area (Å²) in [6.07, 6.45) is 7.05. The van der Waals surface area contributed by atoms with Gasteiger partial charge in [-0.25, -0.2) is 13.4 Å². The summed E-state index contributed by atoms with van der Waals surface area (Å²) < 4.78 is 51.2. The molecule has 7 atom stereocenters. The maximum atomic E-state index is 15.1. The Morgan fingerprint density at radius 2 is 1.81 bits per heavy atom. The van der Waals surface area contributed by atoms with Crippen molar-refractivity contribution in [3.8, 4) is 17.4 Å². The Labute approximate surface area is 336 Å². The normalized spacial score (nSPS) is 29.6. The Bertz CT molecular complexity index is 2020. The molecule has 0 bridgehead atoms. The zero-order chi connectivity index (χ0) is 41.5. The predicted octanol–water partition coefficient (Wildman–Crippen LogP) is 6.31. The van der Waals surface area contributed by atoms with E-state index in [4.69, 9.17) is 18.9 Å². The van der Waals surface area contributed by atoms with Gasteiger partial charge in [0.15, 0.2) is 11.5 Å². The first-order valence-electron chi connectivity index (χ1n) is 20.3. The monoisotopic (exact) mass is 809 g/mol. The van der Waals surface area contributed by atoms with Gasteiger partial charge in [0, 0.05) is 18.2 Å². The van der Waals surface area contributed by atoms with Crippen molar-refractivity contribution >= 4 is 44.5 Å². The minimum absolute atomic E-state index is 0.0284. The topological polar surface area (TPSA) is 168 Å². The second-order valence-corrected chi connectivity index (χ2v) is 20.1. The molecule has 1 saturated heterocycles. The van der Waals surface area contributed by atoms with Crippen LogP contribution in [0.2, 0.25) is 0 Å². The number of ketones is 1. The molecule has 6 rings (SSSR count). The molecule has 3 heterocycles. The quantitative estimate of drug-likeness (QED) is 0.211. The average Bonchev–Trinajstić information content (AvgIpc) is 4.03. The Morgan fingerprint density at radius 1 is 1.07 bits per heavy atom. The minimum atomic E-state index is -3.96. The summed E-state index contributed by atoms with van der Waals surface area (Å²) in [5, 5.41) is 0.735. The molecule has 3 fully saturated rings. The second kappa shape index (κ2) is 16.2. The lowest BCUT2D eigenvalue weighted by Gasteiger charge is -2.33. The number of sulfonamides is 1. The van der Waals surface area contributed by atoms with E-state index in [0.29, 0.717) is 55.5 Å². The molecule has 2 aromatic rings. The lowest BCUT2D eigenvalue weighted by molar-refractivity contribution is -0.160. The van der Waals surface area contributed by atoms with E-state index in [1.54, 1.807) is 46.9 Å². The molecule has 57 heavy (non-hydrogen) atoms. The Balaban J connectivity index is 1.37. The van der Waals surface area contributed by atoms with Crippen molar-refractivity contribution in [3.63, 3.8) is 0 Å². The van der Waals surface area contributed by atoms with Crippen molar-refractivity contribution in [1.82, 2.24) is 14.6 Å². The lowest BCUT2D eigenvalue weighted by atomic mass is 9.79. The van der Waals surface area contributed by atoms with Crippen molar-refractivity contribution in [1.29, 1.82) is 0 Å². The number of hydrogen-bond donors (Lipinski definition) is 1. The summed E-state index contributed by atoms with van der Waals surface area (Å²) in [4.78, 5) is 63.4. The van der Waals surface area contributed by atoms with Crippen molar-refractivity contribution in [2.24, 2.45) is 29.1 Å². The lowest BCUT2D eigenvalue weighted by Crippen LogP contribution is -2.48. The Hall–Kier alpha value is -4.20. The standard InChI is InChI=1S/C43H59N3O10S/c1-9-27-18-26(2)12-10-11-13-29-23-43(29,40(50)45-57(51,52)42(6)16-17-42)24-35(47)34-21-31(25-46(34)39(49)32(27)22-37(48)56-41(3,4)5)55-36-20-28-19-30(53-7)14-15-33(28)44-38(36)54-8/h11,13-15,19-20,26-27,29,31-32,34H,9-10,12,16-18,21-25H2,1-8H3,(H,45,50)/b13-11-/t26-,27-,29-,31-,32+,34+,43-/m1/s1. The van der Waals surface area contributed by atoms with Gasteiger partial charge in [-0.05, 0) is 108 Å². The van der Waals surface area contributed by atoms with E-state index in [1.807, 2.05) is 31.2 Å². The van der Waals surface area contributed by atoms with Crippen LogP contribution in [0.5, 0.6) is 17.4 Å². The van der Waals surface area contributed by atoms with Crippen molar-refractivity contribution in [2.75, 3.05) is 20.8 Å². The third kappa shape index (κ3) is 9.26. The molecule has 13 nitrogen and oxygen atoms in total. The van der Waals surface area contributed by atoms with Gasteiger partial charge in [0.05, 0.1) is 54.8 Å². The molecular formula is C43H59N3O10S. The van der Waals surface area contributed by atoms with Gasteiger partial charge >= 0.3 is 5.97 Å². The van der Waals surface area contributed by atoms with Gasteiger partial charge < -0.3 is 23.8 Å². The molecule has 1 aromatic heterocycles. The number of allylic oxidation sites excluding steroid dienone is 2. The van der Waals surface area contributed by atoms with E-state index in [2.05, 4.69) is 16.6 Å². The van der Waals surface area contributed by atoms with Crippen LogP contribution in [0.1, 0.15) is 106 Å². The number of aromatic nitrogens is 1. The van der Waals surface area contributed by atoms with Crippen LogP contribution in [-0.4, -0.2) is 85.1 Å². The number of carbonyl (C=O) groups excluding carboxylic acids is 4. The SMILES string of the molecule is CC[C@@H]1C[C@H](C)CC/C=C\[C@@H]2C[C@@]2(C(=O)NS(=O)(=O)C2(C)CC2)CC(=O)[C@@H]2C[C@@H](Oc3cc4cc(OC)ccc4nc3OC)CN2C(=O)[C@H]1CC(=O)OC(C)(C)C. The van der Waals surface area contributed by atoms with E-state index in [-0.39, 0.29) is 61.1 Å². The fraction of sp³-hybridized carbons (Fsp3) is 0.651. The summed E-state index contributed by atoms with van der Waals surface area (Å²) in [6, 6.07) is 6.20. The van der Waals surface area contributed by atoms with Gasteiger partial charge in [-0.2, -0.15) is 0 Å². The number of hydrogen-bond acceptors (Lipinski definition) is 11. The van der Waals surface area contributed by atoms with Crippen LogP contribution in [0.15, 0.2) is 36.4 Å². The number of nitrogens with zero attached hydrogens (tertiary/aromatic N) is 2. The van der Waals surface area contributed by atoms with Gasteiger partial charge in [0.25, 0.3) is 5.88 Å². The zero-order valence-corrected chi connectivity index (χ0v) is 35.4. The molecule has 1 aromatic carbocycles. The number of pyridine rings is 1. The summed E-state index contributed by atoms with van der Waals surface area (Å²) >= 11 is 0. The minimum Gasteiger partial charge on any atom is -0.497 e. The average molecular weight is 810 g/mol. The van der Waals surface area contributed by atoms with Gasteiger partial charge in [0.1, 0.15) is 17.5 Å². The molecular weight excluding hydrogens is 751 g/mol. The smallest absolute Gasteiger partial charge is 0.307 e. The largest absolute Gasteiger partial charge is 0.497 e. The van der Waals surface area contributed by atoms with Crippen molar-refractivity contribution in [3.05, 3.63) is 36.4 Å². The number of benzene rings is 1. The number of amides is 2. The van der Waals surface area contributed by atoms with Gasteiger partial charge in [-0.1, -0.05) is 32.4 Å². The second-order valence-electron chi connectivity index (χ2n) is 17.9. The van der Waals surface area contributed by atoms with Gasteiger partial charge in [-0.3, -0.25) is 23.9 Å². The number of fused-ring (bicyclic) bond motifs is 3. The van der Waals surface area contributed by atoms with Gasteiger partial charge in [-0.15, -0.1) is 0 Å². The number of carbonyl (C=O) groups is 4. The van der Waals surface area contributed by atoms with E-state index >= 15 is 4.79 Å². The number of Topliss-reactive ketones (excluding diaryl/α,β-unsaturated/α-hetero) is 1. The van der Waals surface area contributed by atoms with Crippen molar-refractivity contribution in [2.45, 2.75) is 128 Å². The number of esters is 1. The molecule has 312 valence electrons. The molecule has 0 unspecified atom stereocenters. The summed E-state index contributed by atoms with van der Waals surface area (Å²) in [5.41, 5.74) is -1.38. The van der Waals surface area contributed by atoms with E-state index in [9.17, 15) is 22.8 Å². The highest BCUT2D eigenvalue weighted by Gasteiger charge is 2.62.